The summed E-state index contributed by atoms with van der Waals surface area (Å²) in [5.74, 6) is 1.000. The Morgan fingerprint density at radius 3 is 2.09 bits per heavy atom. The second-order valence-electron chi connectivity index (χ2n) is 9.52. The first kappa shape index (κ1) is 27.2. The van der Waals surface area contributed by atoms with Gasteiger partial charge >= 0.3 is 0 Å². The Balaban J connectivity index is 1.95. The van der Waals surface area contributed by atoms with Crippen molar-refractivity contribution < 1.29 is 8.42 Å². The molecule has 0 amide bonds. The zero-order valence-electron chi connectivity index (χ0n) is 20.5. The molecule has 0 saturated carbocycles. The molecule has 184 valence electrons. The number of H-pyrrole nitrogens is 1. The molecular formula is C24H43ClN4O2S. The fourth-order valence-electron chi connectivity index (χ4n) is 4.52. The van der Waals surface area contributed by atoms with Gasteiger partial charge in [0.2, 0.25) is 0 Å². The summed E-state index contributed by atoms with van der Waals surface area (Å²) in [7, 11) is -3.20. The third kappa shape index (κ3) is 8.36. The molecule has 0 saturated heterocycles. The lowest BCUT2D eigenvalue weighted by Crippen LogP contribution is -2.23. The fourth-order valence-corrected chi connectivity index (χ4v) is 6.78. The maximum absolute atomic E-state index is 13.1. The Bertz CT molecular complexity index is 907. The molecule has 1 N–H and O–H groups in total. The average molecular weight is 487 g/mol. The molecule has 0 fully saturated rings. The number of hydrogen-bond acceptors (Lipinski definition) is 4. The highest BCUT2D eigenvalue weighted by atomic mass is 35.5. The van der Waals surface area contributed by atoms with Crippen molar-refractivity contribution in [1.82, 2.24) is 19.8 Å². The van der Waals surface area contributed by atoms with Crippen LogP contribution < -0.4 is 0 Å². The number of nitrogens with zero attached hydrogens (tertiary/aromatic N) is 3. The summed E-state index contributed by atoms with van der Waals surface area (Å²) < 4.78 is 28.0. The van der Waals surface area contributed by atoms with Crippen LogP contribution in [0.5, 0.6) is 0 Å². The number of aromatic nitrogens is 4. The maximum Gasteiger partial charge on any atom is 0.196 e. The first-order chi connectivity index (χ1) is 15.3. The molecule has 8 heteroatoms. The molecule has 0 spiro atoms. The van der Waals surface area contributed by atoms with Gasteiger partial charge in [0.1, 0.15) is 5.02 Å². The van der Waals surface area contributed by atoms with E-state index in [1.54, 1.807) is 4.52 Å². The van der Waals surface area contributed by atoms with Crippen molar-refractivity contribution in [2.24, 2.45) is 5.92 Å². The average Bonchev–Trinajstić information content (AvgIpc) is 3.27. The van der Waals surface area contributed by atoms with Crippen molar-refractivity contribution in [3.8, 4) is 0 Å². The summed E-state index contributed by atoms with van der Waals surface area (Å²) in [6.07, 6.45) is 14.3. The van der Waals surface area contributed by atoms with Gasteiger partial charge in [-0.1, -0.05) is 96.6 Å². The Kier molecular flexibility index (Phi) is 11.5. The van der Waals surface area contributed by atoms with Crippen molar-refractivity contribution in [2.75, 3.05) is 11.5 Å². The number of fused-ring (bicyclic) bond motifs is 1. The van der Waals surface area contributed by atoms with Crippen LogP contribution >= 0.6 is 11.6 Å². The molecule has 0 aliphatic heterocycles. The van der Waals surface area contributed by atoms with Crippen molar-refractivity contribution in [1.29, 1.82) is 0 Å². The smallest absolute Gasteiger partial charge is 0.196 e. The van der Waals surface area contributed by atoms with E-state index in [1.807, 2.05) is 13.8 Å². The molecule has 2 unspecified atom stereocenters. The minimum Gasteiger partial charge on any atom is -0.294 e. The van der Waals surface area contributed by atoms with Crippen molar-refractivity contribution in [3.63, 3.8) is 0 Å². The van der Waals surface area contributed by atoms with Crippen molar-refractivity contribution in [3.05, 3.63) is 16.5 Å². The number of aryl methyl sites for hydroxylation is 1. The normalized spacial score (nSPS) is 14.3. The quantitative estimate of drug-likeness (QED) is 0.247. The minimum absolute atomic E-state index is 0.0887. The monoisotopic (exact) mass is 486 g/mol. The zero-order chi connectivity index (χ0) is 23.6. The molecule has 6 nitrogen and oxygen atoms in total. The van der Waals surface area contributed by atoms with Gasteiger partial charge in [-0.15, -0.1) is 10.2 Å². The van der Waals surface area contributed by atoms with Gasteiger partial charge in [0.25, 0.3) is 0 Å². The van der Waals surface area contributed by atoms with E-state index in [0.717, 1.165) is 31.4 Å². The van der Waals surface area contributed by atoms with E-state index >= 15 is 0 Å². The van der Waals surface area contributed by atoms with E-state index in [9.17, 15) is 8.42 Å². The highest BCUT2D eigenvalue weighted by molar-refractivity contribution is 7.91. The lowest BCUT2D eigenvalue weighted by Gasteiger charge is -2.18. The molecule has 2 rings (SSSR count). The molecule has 0 radical (unpaired) electrons. The van der Waals surface area contributed by atoms with E-state index in [-0.39, 0.29) is 23.3 Å². The van der Waals surface area contributed by atoms with Gasteiger partial charge in [0.05, 0.1) is 17.2 Å². The van der Waals surface area contributed by atoms with Crippen LogP contribution in [0.15, 0.2) is 0 Å². The molecule has 2 aromatic rings. The number of nitrogens with one attached hydrogen (secondary N) is 1. The molecule has 2 aromatic heterocycles. The molecule has 0 bridgehead atoms. The van der Waals surface area contributed by atoms with Crippen LogP contribution in [0.1, 0.15) is 115 Å². The predicted molar refractivity (Wildman–Crippen MR) is 134 cm³/mol. The second-order valence-corrected chi connectivity index (χ2v) is 12.0. The standard InChI is InChI=1S/C24H43ClN4O2S/c1-5-7-9-11-12-14-16-21(15-13-10-8-6-2)18-32(30,31)17-19(3)23-26-27-24-22(25)20(4)28-29(23)24/h19,21,28H,5-18H2,1-4H3. The van der Waals surface area contributed by atoms with Crippen LogP contribution in [0.3, 0.4) is 0 Å². The van der Waals surface area contributed by atoms with E-state index in [0.29, 0.717) is 16.5 Å². The number of sulfone groups is 1. The molecule has 0 aliphatic carbocycles. The molecule has 0 aromatic carbocycles. The Labute approximate surface area is 199 Å². The first-order valence-corrected chi connectivity index (χ1v) is 14.8. The van der Waals surface area contributed by atoms with Crippen molar-refractivity contribution in [2.45, 2.75) is 111 Å². The topological polar surface area (TPSA) is 80.1 Å². The predicted octanol–water partition coefficient (Wildman–Crippen LogP) is 6.87. The largest absolute Gasteiger partial charge is 0.294 e. The number of hydrogen-bond donors (Lipinski definition) is 1. The highest BCUT2D eigenvalue weighted by Gasteiger charge is 2.26. The van der Waals surface area contributed by atoms with Gasteiger partial charge in [0, 0.05) is 5.92 Å². The lowest BCUT2D eigenvalue weighted by atomic mass is 9.96. The summed E-state index contributed by atoms with van der Waals surface area (Å²) in [5, 5.41) is 12.0. The van der Waals surface area contributed by atoms with Gasteiger partial charge in [-0.3, -0.25) is 5.10 Å². The summed E-state index contributed by atoms with van der Waals surface area (Å²) in [4.78, 5) is 0. The van der Waals surface area contributed by atoms with Gasteiger partial charge in [-0.05, 0) is 25.7 Å². The summed E-state index contributed by atoms with van der Waals surface area (Å²) in [6, 6.07) is 0. The minimum atomic E-state index is -3.20. The van der Waals surface area contributed by atoms with Crippen LogP contribution in [-0.4, -0.2) is 39.7 Å². The molecule has 2 atom stereocenters. The summed E-state index contributed by atoms with van der Waals surface area (Å²) in [5.41, 5.74) is 1.36. The van der Waals surface area contributed by atoms with Gasteiger partial charge in [-0.25, -0.2) is 12.9 Å². The Hall–Kier alpha value is -1.08. The van der Waals surface area contributed by atoms with E-state index in [4.69, 9.17) is 11.6 Å². The van der Waals surface area contributed by atoms with Crippen LogP contribution in [-0.2, 0) is 9.84 Å². The van der Waals surface area contributed by atoms with Crippen LogP contribution in [0.4, 0.5) is 0 Å². The van der Waals surface area contributed by atoms with E-state index < -0.39 is 9.84 Å². The first-order valence-electron chi connectivity index (χ1n) is 12.6. The Morgan fingerprint density at radius 1 is 0.906 bits per heavy atom. The van der Waals surface area contributed by atoms with Gasteiger partial charge < -0.3 is 0 Å². The van der Waals surface area contributed by atoms with Crippen molar-refractivity contribution >= 4 is 27.1 Å². The third-order valence-electron chi connectivity index (χ3n) is 6.36. The second kappa shape index (κ2) is 13.6. The molecule has 0 aliphatic rings. The van der Waals surface area contributed by atoms with E-state index in [1.165, 1.54) is 51.4 Å². The number of aromatic amines is 1. The van der Waals surface area contributed by atoms with Crippen LogP contribution in [0.2, 0.25) is 5.02 Å². The van der Waals surface area contributed by atoms with Crippen LogP contribution in [0, 0.1) is 12.8 Å². The van der Waals surface area contributed by atoms with Crippen LogP contribution in [0.25, 0.3) is 5.65 Å². The molecule has 2 heterocycles. The summed E-state index contributed by atoms with van der Waals surface area (Å²) >= 11 is 6.25. The molecule has 32 heavy (non-hydrogen) atoms. The van der Waals surface area contributed by atoms with Gasteiger partial charge in [-0.2, -0.15) is 0 Å². The number of halogens is 1. The van der Waals surface area contributed by atoms with E-state index in [2.05, 4.69) is 29.1 Å². The third-order valence-corrected chi connectivity index (χ3v) is 8.80. The fraction of sp³-hybridized carbons (Fsp3) is 0.833. The number of unbranched alkanes of at least 4 members (excludes halogenated alkanes) is 8. The summed E-state index contributed by atoms with van der Waals surface area (Å²) in [6.45, 7) is 8.21. The van der Waals surface area contributed by atoms with Gasteiger partial charge in [0.15, 0.2) is 21.3 Å². The molecular weight excluding hydrogens is 444 g/mol. The highest BCUT2D eigenvalue weighted by Crippen LogP contribution is 2.26. The lowest BCUT2D eigenvalue weighted by molar-refractivity contribution is 0.431. The Morgan fingerprint density at radius 2 is 1.47 bits per heavy atom. The number of rotatable bonds is 17. The maximum atomic E-state index is 13.1. The SMILES string of the molecule is CCCCCCCCC(CCCCCC)CS(=O)(=O)CC(C)c1nnc2c(Cl)c(C)[nH]n12. The zero-order valence-corrected chi connectivity index (χ0v) is 22.1.